The number of nitrogens with one attached hydrogen (secondary N) is 1. The first-order chi connectivity index (χ1) is 36.8. The molecular formula is C56H65NO19. The van der Waals surface area contributed by atoms with Gasteiger partial charge < -0.3 is 71.6 Å². The first kappa shape index (κ1) is 56.0. The van der Waals surface area contributed by atoms with Crippen molar-refractivity contribution in [2.75, 3.05) is 19.8 Å². The van der Waals surface area contributed by atoms with E-state index in [0.29, 0.717) is 0 Å². The summed E-state index contributed by atoms with van der Waals surface area (Å²) in [6.45, 7) is 5.67. The van der Waals surface area contributed by atoms with Gasteiger partial charge in [-0.2, -0.15) is 0 Å². The molecule has 0 radical (unpaired) electrons. The minimum atomic E-state index is -1.70. The average Bonchev–Trinajstić information content (AvgIpc) is 3.86. The maximum atomic E-state index is 13.1. The first-order valence-corrected chi connectivity index (χ1v) is 25.2. The summed E-state index contributed by atoms with van der Waals surface area (Å²) in [5.41, 5.74) is 3.27. The summed E-state index contributed by atoms with van der Waals surface area (Å²) in [5, 5.41) is 2.96. The van der Waals surface area contributed by atoms with Crippen LogP contribution in [0.3, 0.4) is 0 Å². The van der Waals surface area contributed by atoms with Crippen molar-refractivity contribution in [3.05, 3.63) is 144 Å². The molecule has 0 spiro atoms. The number of carbonyl (C=O) groups excluding carboxylic acids is 5. The molecule has 0 unspecified atom stereocenters. The first-order valence-electron chi connectivity index (χ1n) is 25.2. The molecule has 2 bridgehead atoms. The van der Waals surface area contributed by atoms with E-state index in [0.717, 1.165) is 43.0 Å². The number of hydrogen-bond donors (Lipinski definition) is 1. The van der Waals surface area contributed by atoms with Gasteiger partial charge in [-0.3, -0.25) is 24.0 Å². The fourth-order valence-electron chi connectivity index (χ4n) is 9.55. The summed E-state index contributed by atoms with van der Waals surface area (Å²) in [4.78, 5) is 64.0. The molecule has 15 atom stereocenters. The van der Waals surface area contributed by atoms with Crippen LogP contribution < -0.4 is 5.32 Å². The second kappa shape index (κ2) is 27.2. The van der Waals surface area contributed by atoms with Gasteiger partial charge in [-0.1, -0.05) is 121 Å². The summed E-state index contributed by atoms with van der Waals surface area (Å²) in [6.07, 6.45) is -17.5. The van der Waals surface area contributed by atoms with Gasteiger partial charge in [-0.05, 0) is 22.3 Å². The Labute approximate surface area is 440 Å². The van der Waals surface area contributed by atoms with Gasteiger partial charge in [-0.15, -0.1) is 0 Å². The van der Waals surface area contributed by atoms with Crippen molar-refractivity contribution in [3.8, 4) is 0 Å². The summed E-state index contributed by atoms with van der Waals surface area (Å²) < 4.78 is 90.3. The lowest BCUT2D eigenvalue weighted by atomic mass is 9.95. The fraction of sp³-hybridized carbons (Fsp3) is 0.482. The zero-order valence-electron chi connectivity index (χ0n) is 42.9. The van der Waals surface area contributed by atoms with Crippen LogP contribution in [0.25, 0.3) is 0 Å². The van der Waals surface area contributed by atoms with E-state index in [-0.39, 0.29) is 45.5 Å². The van der Waals surface area contributed by atoms with Crippen molar-refractivity contribution in [1.82, 2.24) is 5.32 Å². The molecule has 0 aliphatic carbocycles. The van der Waals surface area contributed by atoms with Gasteiger partial charge in [0.25, 0.3) is 0 Å². The van der Waals surface area contributed by atoms with E-state index in [1.54, 1.807) is 0 Å². The summed E-state index contributed by atoms with van der Waals surface area (Å²) in [5.74, 6) is -3.52. The Morgan fingerprint density at radius 2 is 0.908 bits per heavy atom. The Bertz CT molecular complexity index is 2490. The highest BCUT2D eigenvalue weighted by Crippen LogP contribution is 2.39. The predicted molar refractivity (Wildman–Crippen MR) is 264 cm³/mol. The van der Waals surface area contributed by atoms with Crippen LogP contribution in [0, 0.1) is 0 Å². The Hall–Kier alpha value is -6.17. The van der Waals surface area contributed by atoms with Gasteiger partial charge in [0.2, 0.25) is 5.91 Å². The number of carbonyl (C=O) groups is 5. The molecule has 4 heterocycles. The van der Waals surface area contributed by atoms with Gasteiger partial charge in [-0.25, -0.2) is 0 Å². The standard InChI is InChI=1S/C56H65NO19/c1-33(58)57-45-49(66-28-40-22-14-8-15-23-40)47(44-32-68-54(45)72-44)75-55-52(67-29-41-24-16-9-17-25-41)50(46(65-27-39-20-12-7-13-21-39)42(73-55)30-63-26-38-18-10-6-11-19-38)76-56-53(71-37(5)62)51(70-36(4)61)48(69-35(3)60)43(74-56)31-64-34(2)59/h6-25,42-56H,26-32H2,1-5H3,(H,57,58)/t42-,43-,44-,45-,46+,47-,48+,49-,50+,51-,52+,53-,54-,55+,56-/m0/s1. The van der Waals surface area contributed by atoms with Crippen LogP contribution in [0.4, 0.5) is 0 Å². The van der Waals surface area contributed by atoms with Crippen LogP contribution >= 0.6 is 0 Å². The fourth-order valence-corrected chi connectivity index (χ4v) is 9.55. The van der Waals surface area contributed by atoms with E-state index in [4.69, 9.17) is 66.3 Å². The SMILES string of the molecule is CC(=O)N[C@@H]1[C@H]2OC[C@H](O2)[C@H](O[C@H]2O[C@@H](COCc3ccccc3)[C@@H](OCc3ccccc3)[C@@H](O[C@@H]3O[C@@H](COC(C)=O)[C@@H](OC(C)=O)[C@H](OC(C)=O)[C@@H]3OC(C)=O)[C@H]2OCc2ccccc2)[C@H]1OCc1ccccc1. The summed E-state index contributed by atoms with van der Waals surface area (Å²) in [6, 6.07) is 36.9. The van der Waals surface area contributed by atoms with E-state index in [9.17, 15) is 24.0 Å². The molecule has 0 saturated carbocycles. The van der Waals surface area contributed by atoms with Gasteiger partial charge in [0, 0.05) is 34.6 Å². The van der Waals surface area contributed by atoms with Crippen molar-refractivity contribution in [2.45, 2.75) is 153 Å². The van der Waals surface area contributed by atoms with E-state index < -0.39 is 123 Å². The van der Waals surface area contributed by atoms with Crippen LogP contribution in [-0.4, -0.2) is 142 Å². The molecule has 0 aromatic heterocycles. The molecule has 8 rings (SSSR count). The number of amides is 1. The molecule has 1 amide bonds. The second-order valence-corrected chi connectivity index (χ2v) is 18.7. The maximum Gasteiger partial charge on any atom is 0.303 e. The van der Waals surface area contributed by atoms with E-state index in [2.05, 4.69) is 5.32 Å². The normalized spacial score (nSPS) is 29.9. The molecule has 1 N–H and O–H groups in total. The molecule has 4 aromatic carbocycles. The third-order valence-electron chi connectivity index (χ3n) is 12.8. The van der Waals surface area contributed by atoms with E-state index in [1.165, 1.54) is 13.8 Å². The molecule has 4 saturated heterocycles. The van der Waals surface area contributed by atoms with Crippen molar-refractivity contribution >= 4 is 29.8 Å². The number of esters is 4. The lowest BCUT2D eigenvalue weighted by Crippen LogP contribution is -2.68. The Morgan fingerprint density at radius 3 is 1.42 bits per heavy atom. The lowest BCUT2D eigenvalue weighted by molar-refractivity contribution is -0.381. The van der Waals surface area contributed by atoms with Crippen molar-refractivity contribution < 1.29 is 90.3 Å². The number of fused-ring (bicyclic) bond motifs is 2. The Morgan fingerprint density at radius 1 is 0.461 bits per heavy atom. The largest absolute Gasteiger partial charge is 0.463 e. The second-order valence-electron chi connectivity index (χ2n) is 18.7. The third-order valence-corrected chi connectivity index (χ3v) is 12.8. The molecule has 20 heteroatoms. The highest BCUT2D eigenvalue weighted by molar-refractivity contribution is 5.73. The molecule has 76 heavy (non-hydrogen) atoms. The number of ether oxygens (including phenoxy) is 14. The highest BCUT2D eigenvalue weighted by Gasteiger charge is 2.59. The number of benzene rings is 4. The van der Waals surface area contributed by atoms with Crippen molar-refractivity contribution in [3.63, 3.8) is 0 Å². The van der Waals surface area contributed by atoms with Crippen LogP contribution in [0.2, 0.25) is 0 Å². The Balaban J connectivity index is 1.25. The Kier molecular flexibility index (Phi) is 20.1. The molecule has 20 nitrogen and oxygen atoms in total. The van der Waals surface area contributed by atoms with Gasteiger partial charge in [0.05, 0.1) is 39.6 Å². The monoisotopic (exact) mass is 1060 g/mol. The predicted octanol–water partition coefficient (Wildman–Crippen LogP) is 4.80. The lowest BCUT2D eigenvalue weighted by Gasteiger charge is -2.50. The number of hydrogen-bond acceptors (Lipinski definition) is 19. The van der Waals surface area contributed by atoms with E-state index in [1.807, 2.05) is 121 Å². The van der Waals surface area contributed by atoms with Gasteiger partial charge >= 0.3 is 23.9 Å². The molecule has 4 aromatic rings. The highest BCUT2D eigenvalue weighted by atomic mass is 16.8. The van der Waals surface area contributed by atoms with Gasteiger partial charge in [0.1, 0.15) is 61.5 Å². The van der Waals surface area contributed by atoms with E-state index >= 15 is 0 Å². The quantitative estimate of drug-likeness (QED) is 0.0778. The van der Waals surface area contributed by atoms with Crippen molar-refractivity contribution in [1.29, 1.82) is 0 Å². The smallest absolute Gasteiger partial charge is 0.303 e. The third kappa shape index (κ3) is 15.3. The topological polar surface area (TPSA) is 227 Å². The van der Waals surface area contributed by atoms with Crippen LogP contribution in [-0.2, 0) is 117 Å². The molecule has 4 fully saturated rings. The van der Waals surface area contributed by atoms with Crippen LogP contribution in [0.5, 0.6) is 0 Å². The molecular weight excluding hydrogens is 991 g/mol. The van der Waals surface area contributed by atoms with Crippen molar-refractivity contribution in [2.24, 2.45) is 0 Å². The van der Waals surface area contributed by atoms with Crippen LogP contribution in [0.15, 0.2) is 121 Å². The molecule has 4 aliphatic heterocycles. The van der Waals surface area contributed by atoms with Gasteiger partial charge in [0.15, 0.2) is 37.2 Å². The number of rotatable bonds is 23. The maximum absolute atomic E-state index is 13.1. The molecule has 408 valence electrons. The minimum Gasteiger partial charge on any atom is -0.463 e. The minimum absolute atomic E-state index is 0.0183. The zero-order chi connectivity index (χ0) is 53.6. The summed E-state index contributed by atoms with van der Waals surface area (Å²) >= 11 is 0. The van der Waals surface area contributed by atoms with Crippen LogP contribution in [0.1, 0.15) is 56.9 Å². The summed E-state index contributed by atoms with van der Waals surface area (Å²) in [7, 11) is 0. The molecule has 4 aliphatic rings. The zero-order valence-corrected chi connectivity index (χ0v) is 42.9. The average molecular weight is 1060 g/mol.